The van der Waals surface area contributed by atoms with E-state index in [4.69, 9.17) is 8.94 Å². The Morgan fingerprint density at radius 3 is 3.04 bits per heavy atom. The molecule has 0 saturated heterocycles. The first-order valence-electron chi connectivity index (χ1n) is 9.23. The van der Waals surface area contributed by atoms with Crippen molar-refractivity contribution in [3.05, 3.63) is 65.7 Å². The van der Waals surface area contributed by atoms with Crippen LogP contribution < -0.4 is 5.32 Å². The van der Waals surface area contributed by atoms with Gasteiger partial charge in [-0.25, -0.2) is 0 Å². The Hall–Kier alpha value is -2.80. The van der Waals surface area contributed by atoms with Gasteiger partial charge in [0.05, 0.1) is 18.5 Å². The smallest absolute Gasteiger partial charge is 0.220 e. The molecule has 4 rings (SSSR count). The molecular weight excluding hydrogens is 344 g/mol. The van der Waals surface area contributed by atoms with Crippen molar-refractivity contribution in [2.24, 2.45) is 5.92 Å². The van der Waals surface area contributed by atoms with E-state index >= 15 is 0 Å². The van der Waals surface area contributed by atoms with Crippen LogP contribution in [0.4, 0.5) is 0 Å². The third kappa shape index (κ3) is 4.49. The Morgan fingerprint density at radius 2 is 2.26 bits per heavy atom. The Morgan fingerprint density at radius 1 is 1.33 bits per heavy atom. The molecule has 4 heterocycles. The lowest BCUT2D eigenvalue weighted by Gasteiger charge is -2.22. The minimum Gasteiger partial charge on any atom is -0.467 e. The monoisotopic (exact) mass is 368 g/mol. The Labute approximate surface area is 157 Å². The number of carbonyl (C=O) groups excluding carboxylic acids is 1. The second kappa shape index (κ2) is 7.84. The van der Waals surface area contributed by atoms with Crippen molar-refractivity contribution in [3.63, 3.8) is 0 Å². The molecular formula is C20H24N4O3. The summed E-state index contributed by atoms with van der Waals surface area (Å²) in [5, 5.41) is 7.07. The van der Waals surface area contributed by atoms with Crippen LogP contribution in [0, 0.1) is 12.8 Å². The van der Waals surface area contributed by atoms with Crippen LogP contribution in [-0.4, -0.2) is 27.1 Å². The SMILES string of the molecule is Cc1cc(CN2Cc3cccn3CC(CC(=O)NCc3ccco3)C2)no1. The van der Waals surface area contributed by atoms with Gasteiger partial charge >= 0.3 is 0 Å². The highest BCUT2D eigenvalue weighted by Gasteiger charge is 2.24. The first-order valence-corrected chi connectivity index (χ1v) is 9.23. The second-order valence-corrected chi connectivity index (χ2v) is 7.18. The Bertz CT molecular complexity index is 881. The molecule has 7 heteroatoms. The topological polar surface area (TPSA) is 76.4 Å². The van der Waals surface area contributed by atoms with Crippen LogP contribution in [0.3, 0.4) is 0 Å². The number of aromatic nitrogens is 2. The number of fused-ring (bicyclic) bond motifs is 1. The average molecular weight is 368 g/mol. The highest BCUT2D eigenvalue weighted by Crippen LogP contribution is 2.21. The first-order chi connectivity index (χ1) is 13.2. The van der Waals surface area contributed by atoms with Gasteiger partial charge in [0.25, 0.3) is 0 Å². The van der Waals surface area contributed by atoms with E-state index in [0.29, 0.717) is 19.5 Å². The molecule has 0 spiro atoms. The van der Waals surface area contributed by atoms with E-state index in [1.165, 1.54) is 5.69 Å². The summed E-state index contributed by atoms with van der Waals surface area (Å²) in [5.74, 6) is 1.85. The van der Waals surface area contributed by atoms with Gasteiger partial charge in [0.1, 0.15) is 11.5 Å². The number of rotatable bonds is 6. The van der Waals surface area contributed by atoms with Crippen molar-refractivity contribution in [2.45, 2.75) is 39.5 Å². The van der Waals surface area contributed by atoms with Crippen LogP contribution in [0.5, 0.6) is 0 Å². The van der Waals surface area contributed by atoms with Gasteiger partial charge in [-0.1, -0.05) is 5.16 Å². The second-order valence-electron chi connectivity index (χ2n) is 7.18. The molecule has 0 fully saturated rings. The molecule has 3 aromatic heterocycles. The number of nitrogens with zero attached hydrogens (tertiary/aromatic N) is 3. The Kier molecular flexibility index (Phi) is 5.11. The fraction of sp³-hybridized carbons (Fsp3) is 0.400. The van der Waals surface area contributed by atoms with Crippen LogP contribution in [0.25, 0.3) is 0 Å². The third-order valence-corrected chi connectivity index (χ3v) is 4.86. The van der Waals surface area contributed by atoms with E-state index < -0.39 is 0 Å². The summed E-state index contributed by atoms with van der Waals surface area (Å²) in [7, 11) is 0. The summed E-state index contributed by atoms with van der Waals surface area (Å²) in [4.78, 5) is 14.8. The van der Waals surface area contributed by atoms with E-state index in [9.17, 15) is 4.79 Å². The minimum atomic E-state index is 0.0456. The maximum atomic E-state index is 12.4. The molecule has 0 bridgehead atoms. The number of nitrogens with one attached hydrogen (secondary N) is 1. The molecule has 1 N–H and O–H groups in total. The zero-order chi connectivity index (χ0) is 18.6. The molecule has 27 heavy (non-hydrogen) atoms. The fourth-order valence-corrected chi connectivity index (χ4v) is 3.67. The summed E-state index contributed by atoms with van der Waals surface area (Å²) in [5.41, 5.74) is 2.18. The molecule has 1 amide bonds. The van der Waals surface area contributed by atoms with E-state index in [1.54, 1.807) is 6.26 Å². The van der Waals surface area contributed by atoms with E-state index in [2.05, 4.69) is 38.3 Å². The van der Waals surface area contributed by atoms with Gasteiger partial charge in [-0.15, -0.1) is 0 Å². The summed E-state index contributed by atoms with van der Waals surface area (Å²) in [6, 6.07) is 9.85. The first kappa shape index (κ1) is 17.6. The molecule has 1 aliphatic heterocycles. The lowest BCUT2D eigenvalue weighted by atomic mass is 10.0. The summed E-state index contributed by atoms with van der Waals surface area (Å²) >= 11 is 0. The van der Waals surface area contributed by atoms with Crippen molar-refractivity contribution in [2.75, 3.05) is 6.54 Å². The molecule has 1 aliphatic rings. The highest BCUT2D eigenvalue weighted by molar-refractivity contribution is 5.76. The standard InChI is InChI=1S/C20H24N4O3/c1-15-8-17(22-27-15)13-23-11-16(12-24-6-2-4-18(24)14-23)9-20(25)21-10-19-5-3-7-26-19/h2-8,16H,9-14H2,1H3,(H,21,25). The number of carbonyl (C=O) groups is 1. The van der Waals surface area contributed by atoms with Crippen LogP contribution >= 0.6 is 0 Å². The summed E-state index contributed by atoms with van der Waals surface area (Å²) < 4.78 is 12.7. The summed E-state index contributed by atoms with van der Waals surface area (Å²) in [6.07, 6.45) is 4.18. The van der Waals surface area contributed by atoms with Crippen LogP contribution in [-0.2, 0) is 31.0 Å². The number of hydrogen-bond donors (Lipinski definition) is 1. The number of furan rings is 1. The number of aryl methyl sites for hydroxylation is 1. The predicted octanol–water partition coefficient (Wildman–Crippen LogP) is 2.72. The molecule has 3 aromatic rings. The van der Waals surface area contributed by atoms with Crippen molar-refractivity contribution in [1.29, 1.82) is 0 Å². The third-order valence-electron chi connectivity index (χ3n) is 4.86. The number of amides is 1. The molecule has 0 radical (unpaired) electrons. The summed E-state index contributed by atoms with van der Waals surface area (Å²) in [6.45, 7) is 5.55. The normalized spacial score (nSPS) is 17.4. The van der Waals surface area contributed by atoms with Gasteiger partial charge in [-0.2, -0.15) is 0 Å². The van der Waals surface area contributed by atoms with E-state index in [-0.39, 0.29) is 11.8 Å². The molecule has 0 saturated carbocycles. The molecule has 142 valence electrons. The van der Waals surface area contributed by atoms with Crippen molar-refractivity contribution in [1.82, 2.24) is 19.9 Å². The molecule has 7 nitrogen and oxygen atoms in total. The van der Waals surface area contributed by atoms with Crippen molar-refractivity contribution < 1.29 is 13.7 Å². The van der Waals surface area contributed by atoms with Gasteiger partial charge in [0.15, 0.2) is 0 Å². The number of hydrogen-bond acceptors (Lipinski definition) is 5. The average Bonchev–Trinajstić information content (AvgIpc) is 3.36. The largest absolute Gasteiger partial charge is 0.467 e. The van der Waals surface area contributed by atoms with Crippen molar-refractivity contribution in [3.8, 4) is 0 Å². The molecule has 0 aromatic carbocycles. The quantitative estimate of drug-likeness (QED) is 0.724. The lowest BCUT2D eigenvalue weighted by molar-refractivity contribution is -0.122. The van der Waals surface area contributed by atoms with E-state index in [0.717, 1.165) is 36.8 Å². The van der Waals surface area contributed by atoms with Gasteiger partial charge in [-0.05, 0) is 37.1 Å². The molecule has 1 unspecified atom stereocenters. The molecule has 1 atom stereocenters. The molecule has 0 aliphatic carbocycles. The zero-order valence-corrected chi connectivity index (χ0v) is 15.4. The van der Waals surface area contributed by atoms with Crippen LogP contribution in [0.1, 0.15) is 29.3 Å². The lowest BCUT2D eigenvalue weighted by Crippen LogP contribution is -2.32. The van der Waals surface area contributed by atoms with Gasteiger partial charge in [-0.3, -0.25) is 9.69 Å². The van der Waals surface area contributed by atoms with E-state index in [1.807, 2.05) is 25.1 Å². The van der Waals surface area contributed by atoms with Crippen LogP contribution in [0.2, 0.25) is 0 Å². The van der Waals surface area contributed by atoms with Crippen molar-refractivity contribution >= 4 is 5.91 Å². The fourth-order valence-electron chi connectivity index (χ4n) is 3.67. The Balaban J connectivity index is 1.40. The van der Waals surface area contributed by atoms with Gasteiger partial charge < -0.3 is 18.8 Å². The minimum absolute atomic E-state index is 0.0456. The maximum Gasteiger partial charge on any atom is 0.220 e. The highest BCUT2D eigenvalue weighted by atomic mass is 16.5. The maximum absolute atomic E-state index is 12.4. The zero-order valence-electron chi connectivity index (χ0n) is 15.4. The predicted molar refractivity (Wildman–Crippen MR) is 98.4 cm³/mol. The van der Waals surface area contributed by atoms with Crippen LogP contribution in [0.15, 0.2) is 51.7 Å². The van der Waals surface area contributed by atoms with Gasteiger partial charge in [0, 0.05) is 50.6 Å². The van der Waals surface area contributed by atoms with Gasteiger partial charge in [0.2, 0.25) is 5.91 Å².